The summed E-state index contributed by atoms with van der Waals surface area (Å²) in [7, 11) is -2.77. The summed E-state index contributed by atoms with van der Waals surface area (Å²) >= 11 is 0. The van der Waals surface area contributed by atoms with Crippen LogP contribution in [0.2, 0.25) is 0 Å². The zero-order chi connectivity index (χ0) is 10.9. The highest BCUT2D eigenvalue weighted by molar-refractivity contribution is 7.91. The minimum absolute atomic E-state index is 0.143. The molecule has 1 aliphatic heterocycles. The van der Waals surface area contributed by atoms with Crippen LogP contribution in [0.25, 0.3) is 0 Å². The Kier molecular flexibility index (Phi) is 3.33. The third-order valence-electron chi connectivity index (χ3n) is 3.50. The van der Waals surface area contributed by atoms with E-state index in [2.05, 4.69) is 5.32 Å². The average Bonchev–Trinajstić information content (AvgIpc) is 2.50. The molecule has 2 aliphatic rings. The molecule has 1 aliphatic carbocycles. The Labute approximate surface area is 91.5 Å². The van der Waals surface area contributed by atoms with Gasteiger partial charge in [-0.05, 0) is 19.3 Å². The second kappa shape index (κ2) is 4.39. The number of hydrogen-bond donors (Lipinski definition) is 2. The summed E-state index contributed by atoms with van der Waals surface area (Å²) in [5.41, 5.74) is 6.01. The van der Waals surface area contributed by atoms with Gasteiger partial charge in [0.25, 0.3) is 0 Å². The standard InChI is InChI=1S/C10H20N2O2S/c11-9-3-1-2-4-10(9)12-8-5-6-15(13,14)7-8/h8-10,12H,1-7,11H2. The van der Waals surface area contributed by atoms with Crippen molar-refractivity contribution in [2.45, 2.75) is 50.2 Å². The summed E-state index contributed by atoms with van der Waals surface area (Å²) in [6, 6.07) is 0.684. The van der Waals surface area contributed by atoms with E-state index >= 15 is 0 Å². The molecule has 3 unspecified atom stereocenters. The summed E-state index contributed by atoms with van der Waals surface area (Å²) in [5.74, 6) is 0.642. The maximum Gasteiger partial charge on any atom is 0.151 e. The molecule has 1 saturated heterocycles. The summed E-state index contributed by atoms with van der Waals surface area (Å²) in [5, 5.41) is 3.42. The molecule has 3 atom stereocenters. The zero-order valence-corrected chi connectivity index (χ0v) is 9.80. The largest absolute Gasteiger partial charge is 0.326 e. The Bertz CT molecular complexity index is 315. The first kappa shape index (κ1) is 11.4. The van der Waals surface area contributed by atoms with E-state index in [0.717, 1.165) is 19.3 Å². The van der Waals surface area contributed by atoms with Gasteiger partial charge in [-0.3, -0.25) is 0 Å². The molecule has 4 nitrogen and oxygen atoms in total. The van der Waals surface area contributed by atoms with Gasteiger partial charge in [0.15, 0.2) is 9.84 Å². The monoisotopic (exact) mass is 232 g/mol. The van der Waals surface area contributed by atoms with Gasteiger partial charge >= 0.3 is 0 Å². The van der Waals surface area contributed by atoms with Crippen molar-refractivity contribution in [1.29, 1.82) is 0 Å². The maximum atomic E-state index is 11.3. The number of hydrogen-bond acceptors (Lipinski definition) is 4. The Morgan fingerprint density at radius 2 is 1.87 bits per heavy atom. The summed E-state index contributed by atoms with van der Waals surface area (Å²) in [6.45, 7) is 0. The predicted octanol–water partition coefficient (Wildman–Crippen LogP) is 0.0330. The maximum absolute atomic E-state index is 11.3. The van der Waals surface area contributed by atoms with E-state index in [4.69, 9.17) is 5.73 Å². The van der Waals surface area contributed by atoms with Gasteiger partial charge in [0.1, 0.15) is 0 Å². The highest BCUT2D eigenvalue weighted by Crippen LogP contribution is 2.19. The Balaban J connectivity index is 1.86. The molecule has 2 rings (SSSR count). The number of rotatable bonds is 2. The molecule has 0 amide bonds. The average molecular weight is 232 g/mol. The van der Waals surface area contributed by atoms with Crippen LogP contribution < -0.4 is 11.1 Å². The molecule has 0 aromatic rings. The molecule has 0 aromatic carbocycles. The first-order valence-electron chi connectivity index (χ1n) is 5.79. The second-order valence-corrected chi connectivity index (χ2v) is 7.05. The van der Waals surface area contributed by atoms with Gasteiger partial charge in [0.2, 0.25) is 0 Å². The summed E-state index contributed by atoms with van der Waals surface area (Å²) in [6.07, 6.45) is 5.34. The molecular formula is C10H20N2O2S. The molecule has 0 aromatic heterocycles. The molecule has 0 spiro atoms. The third kappa shape index (κ3) is 2.92. The van der Waals surface area contributed by atoms with Crippen molar-refractivity contribution in [1.82, 2.24) is 5.32 Å². The fourth-order valence-corrected chi connectivity index (χ4v) is 4.28. The van der Waals surface area contributed by atoms with E-state index in [1.54, 1.807) is 0 Å². The lowest BCUT2D eigenvalue weighted by molar-refractivity contribution is 0.306. The molecule has 3 N–H and O–H groups in total. The Hall–Kier alpha value is -0.130. The van der Waals surface area contributed by atoms with Crippen LogP contribution >= 0.6 is 0 Å². The topological polar surface area (TPSA) is 72.2 Å². The first-order chi connectivity index (χ1) is 7.07. The Morgan fingerprint density at radius 3 is 2.47 bits per heavy atom. The van der Waals surface area contributed by atoms with Crippen molar-refractivity contribution in [2.24, 2.45) is 5.73 Å². The molecule has 0 bridgehead atoms. The van der Waals surface area contributed by atoms with Crippen LogP contribution in [-0.4, -0.2) is 38.0 Å². The van der Waals surface area contributed by atoms with Crippen LogP contribution in [0.4, 0.5) is 0 Å². The van der Waals surface area contributed by atoms with Crippen LogP contribution in [0.5, 0.6) is 0 Å². The van der Waals surface area contributed by atoms with Gasteiger partial charge in [0, 0.05) is 18.1 Å². The third-order valence-corrected chi connectivity index (χ3v) is 5.27. The van der Waals surface area contributed by atoms with Gasteiger partial charge < -0.3 is 11.1 Å². The number of nitrogens with one attached hydrogen (secondary N) is 1. The zero-order valence-electron chi connectivity index (χ0n) is 8.98. The van der Waals surface area contributed by atoms with E-state index in [9.17, 15) is 8.42 Å². The van der Waals surface area contributed by atoms with Crippen molar-refractivity contribution in [3.63, 3.8) is 0 Å². The number of nitrogens with two attached hydrogens (primary N) is 1. The van der Waals surface area contributed by atoms with Crippen LogP contribution in [0, 0.1) is 0 Å². The van der Waals surface area contributed by atoms with Crippen molar-refractivity contribution < 1.29 is 8.42 Å². The lowest BCUT2D eigenvalue weighted by Gasteiger charge is -2.31. The predicted molar refractivity (Wildman–Crippen MR) is 60.4 cm³/mol. The highest BCUT2D eigenvalue weighted by Gasteiger charge is 2.31. The summed E-state index contributed by atoms with van der Waals surface area (Å²) < 4.78 is 22.6. The molecule has 0 radical (unpaired) electrons. The number of sulfone groups is 1. The molecule has 15 heavy (non-hydrogen) atoms. The van der Waals surface area contributed by atoms with Crippen molar-refractivity contribution in [3.8, 4) is 0 Å². The fourth-order valence-electron chi connectivity index (χ4n) is 2.60. The highest BCUT2D eigenvalue weighted by atomic mass is 32.2. The second-order valence-electron chi connectivity index (χ2n) is 4.82. The van der Waals surface area contributed by atoms with Crippen molar-refractivity contribution >= 4 is 9.84 Å². The minimum Gasteiger partial charge on any atom is -0.326 e. The summed E-state index contributed by atoms with van der Waals surface area (Å²) in [4.78, 5) is 0. The van der Waals surface area contributed by atoms with Crippen LogP contribution in [0.15, 0.2) is 0 Å². The SMILES string of the molecule is NC1CCCCC1NC1CCS(=O)(=O)C1. The van der Waals surface area contributed by atoms with Crippen LogP contribution in [0.3, 0.4) is 0 Å². The van der Waals surface area contributed by atoms with Crippen LogP contribution in [-0.2, 0) is 9.84 Å². The van der Waals surface area contributed by atoms with E-state index in [0.29, 0.717) is 17.5 Å². The molecule has 1 saturated carbocycles. The lowest BCUT2D eigenvalue weighted by Crippen LogP contribution is -2.51. The van der Waals surface area contributed by atoms with Gasteiger partial charge in [-0.2, -0.15) is 0 Å². The first-order valence-corrected chi connectivity index (χ1v) is 7.61. The van der Waals surface area contributed by atoms with Gasteiger partial charge in [0.05, 0.1) is 11.5 Å². The van der Waals surface area contributed by atoms with Crippen LogP contribution in [0.1, 0.15) is 32.1 Å². The van der Waals surface area contributed by atoms with Gasteiger partial charge in [-0.15, -0.1) is 0 Å². The van der Waals surface area contributed by atoms with Crippen molar-refractivity contribution in [3.05, 3.63) is 0 Å². The normalized spacial score (nSPS) is 40.5. The molecule has 2 fully saturated rings. The molecule has 1 heterocycles. The minimum atomic E-state index is -2.77. The van der Waals surface area contributed by atoms with Gasteiger partial charge in [-0.1, -0.05) is 12.8 Å². The molecule has 88 valence electrons. The van der Waals surface area contributed by atoms with E-state index in [1.807, 2.05) is 0 Å². The Morgan fingerprint density at radius 1 is 1.13 bits per heavy atom. The lowest BCUT2D eigenvalue weighted by atomic mass is 9.90. The molecular weight excluding hydrogens is 212 g/mol. The quantitative estimate of drug-likeness (QED) is 0.705. The van der Waals surface area contributed by atoms with Crippen molar-refractivity contribution in [2.75, 3.05) is 11.5 Å². The molecule has 5 heteroatoms. The fraction of sp³-hybridized carbons (Fsp3) is 1.00. The van der Waals surface area contributed by atoms with E-state index in [1.165, 1.54) is 12.8 Å². The van der Waals surface area contributed by atoms with E-state index in [-0.39, 0.29) is 12.1 Å². The van der Waals surface area contributed by atoms with Gasteiger partial charge in [-0.25, -0.2) is 8.42 Å². The van der Waals surface area contributed by atoms with E-state index < -0.39 is 9.84 Å². The smallest absolute Gasteiger partial charge is 0.151 e.